The highest BCUT2D eigenvalue weighted by atomic mass is 35.5. The lowest BCUT2D eigenvalue weighted by Crippen LogP contribution is -2.31. The number of benzene rings is 2. The van der Waals surface area contributed by atoms with Crippen LogP contribution in [0.2, 0.25) is 5.02 Å². The molecule has 1 N–H and O–H groups in total. The molecule has 0 fully saturated rings. The maximum absolute atomic E-state index is 12.8. The molecule has 24 heavy (non-hydrogen) atoms. The van der Waals surface area contributed by atoms with Crippen LogP contribution in [0.25, 0.3) is 0 Å². The molecular weight excluding hydrogens is 337 g/mol. The fourth-order valence-corrected chi connectivity index (χ4v) is 1.86. The van der Waals surface area contributed by atoms with E-state index in [0.717, 1.165) is 0 Å². The van der Waals surface area contributed by atoms with Crippen molar-refractivity contribution in [2.75, 3.05) is 11.9 Å². The summed E-state index contributed by atoms with van der Waals surface area (Å²) in [5, 5.41) is 3.07. The molecule has 0 saturated carbocycles. The first-order chi connectivity index (χ1) is 11.4. The SMILES string of the molecule is CC(OC(=O)COc1ccc(Cl)cc1)C(=O)Nc1ccc(F)cc1. The number of ether oxygens (including phenoxy) is 2. The zero-order valence-electron chi connectivity index (χ0n) is 12.8. The number of amides is 1. The maximum Gasteiger partial charge on any atom is 0.344 e. The Balaban J connectivity index is 1.78. The van der Waals surface area contributed by atoms with Crippen molar-refractivity contribution in [1.29, 1.82) is 0 Å². The van der Waals surface area contributed by atoms with Crippen molar-refractivity contribution >= 4 is 29.2 Å². The fourth-order valence-electron chi connectivity index (χ4n) is 1.73. The van der Waals surface area contributed by atoms with Crippen LogP contribution in [0.3, 0.4) is 0 Å². The van der Waals surface area contributed by atoms with Gasteiger partial charge in [-0.2, -0.15) is 0 Å². The molecule has 1 unspecified atom stereocenters. The summed E-state index contributed by atoms with van der Waals surface area (Å²) in [6.45, 7) is 1.09. The van der Waals surface area contributed by atoms with Crippen LogP contribution in [-0.2, 0) is 14.3 Å². The predicted molar refractivity (Wildman–Crippen MR) is 87.5 cm³/mol. The van der Waals surface area contributed by atoms with Crippen LogP contribution in [0, 0.1) is 5.82 Å². The van der Waals surface area contributed by atoms with Crippen molar-refractivity contribution in [3.8, 4) is 5.75 Å². The smallest absolute Gasteiger partial charge is 0.344 e. The molecule has 5 nitrogen and oxygen atoms in total. The van der Waals surface area contributed by atoms with E-state index in [1.165, 1.54) is 31.2 Å². The van der Waals surface area contributed by atoms with Gasteiger partial charge in [0.25, 0.3) is 5.91 Å². The van der Waals surface area contributed by atoms with Gasteiger partial charge in [0.05, 0.1) is 0 Å². The average molecular weight is 352 g/mol. The van der Waals surface area contributed by atoms with Crippen LogP contribution in [0.15, 0.2) is 48.5 Å². The third kappa shape index (κ3) is 5.55. The Morgan fingerprint density at radius 1 is 1.12 bits per heavy atom. The standard InChI is InChI=1S/C17H15ClFNO4/c1-11(17(22)20-14-6-4-13(19)5-7-14)24-16(21)10-23-15-8-2-12(18)3-9-15/h2-9,11H,10H2,1H3,(H,20,22). The van der Waals surface area contributed by atoms with Crippen molar-refractivity contribution in [2.24, 2.45) is 0 Å². The summed E-state index contributed by atoms with van der Waals surface area (Å²) in [4.78, 5) is 23.6. The van der Waals surface area contributed by atoms with Crippen LogP contribution < -0.4 is 10.1 Å². The number of esters is 1. The Kier molecular flexibility index (Phi) is 6.14. The molecule has 2 aromatic rings. The summed E-state index contributed by atoms with van der Waals surface area (Å²) in [5.74, 6) is -1.17. The number of carbonyl (C=O) groups is 2. The van der Waals surface area contributed by atoms with E-state index >= 15 is 0 Å². The molecule has 1 atom stereocenters. The normalized spacial score (nSPS) is 11.5. The van der Waals surface area contributed by atoms with Crippen LogP contribution in [0.5, 0.6) is 5.75 Å². The second-order valence-corrected chi connectivity index (χ2v) is 5.31. The second kappa shape index (κ2) is 8.31. The van der Waals surface area contributed by atoms with Crippen molar-refractivity contribution in [2.45, 2.75) is 13.0 Å². The molecule has 0 spiro atoms. The van der Waals surface area contributed by atoms with Gasteiger partial charge in [-0.3, -0.25) is 4.79 Å². The fraction of sp³-hybridized carbons (Fsp3) is 0.176. The largest absolute Gasteiger partial charge is 0.482 e. The van der Waals surface area contributed by atoms with Crippen molar-refractivity contribution in [3.05, 3.63) is 59.4 Å². The van der Waals surface area contributed by atoms with Crippen LogP contribution >= 0.6 is 11.6 Å². The van der Waals surface area contributed by atoms with Gasteiger partial charge < -0.3 is 14.8 Å². The molecule has 2 aromatic carbocycles. The number of rotatable bonds is 6. The lowest BCUT2D eigenvalue weighted by atomic mass is 10.3. The van der Waals surface area contributed by atoms with Crippen molar-refractivity contribution in [1.82, 2.24) is 0 Å². The summed E-state index contributed by atoms with van der Waals surface area (Å²) in [7, 11) is 0. The first-order valence-electron chi connectivity index (χ1n) is 7.08. The molecule has 126 valence electrons. The number of anilines is 1. The van der Waals surface area contributed by atoms with Gasteiger partial charge in [0, 0.05) is 10.7 Å². The molecule has 0 bridgehead atoms. The third-order valence-electron chi connectivity index (χ3n) is 2.96. The minimum absolute atomic E-state index is 0.337. The summed E-state index contributed by atoms with van der Waals surface area (Å²) >= 11 is 5.74. The highest BCUT2D eigenvalue weighted by molar-refractivity contribution is 6.30. The van der Waals surface area contributed by atoms with E-state index in [1.54, 1.807) is 24.3 Å². The van der Waals surface area contributed by atoms with Gasteiger partial charge in [0.2, 0.25) is 0 Å². The molecule has 1 amide bonds. The van der Waals surface area contributed by atoms with E-state index in [1.807, 2.05) is 0 Å². The number of hydrogen-bond acceptors (Lipinski definition) is 4. The van der Waals surface area contributed by atoms with Crippen molar-refractivity contribution in [3.63, 3.8) is 0 Å². The van der Waals surface area contributed by atoms with E-state index in [0.29, 0.717) is 16.5 Å². The van der Waals surface area contributed by atoms with Gasteiger partial charge in [-0.05, 0) is 55.5 Å². The zero-order valence-corrected chi connectivity index (χ0v) is 13.5. The number of hydrogen-bond donors (Lipinski definition) is 1. The Hall–Kier alpha value is -2.60. The molecule has 0 aliphatic carbocycles. The number of carbonyl (C=O) groups excluding carboxylic acids is 2. The Bertz CT molecular complexity index is 704. The Morgan fingerprint density at radius 2 is 1.75 bits per heavy atom. The predicted octanol–water partition coefficient (Wildman–Crippen LogP) is 3.43. The van der Waals surface area contributed by atoms with E-state index in [2.05, 4.69) is 5.32 Å². The summed E-state index contributed by atoms with van der Waals surface area (Å²) in [6, 6.07) is 11.7. The van der Waals surface area contributed by atoms with Gasteiger partial charge in [0.15, 0.2) is 12.7 Å². The molecule has 2 rings (SSSR count). The number of halogens is 2. The minimum Gasteiger partial charge on any atom is -0.482 e. The minimum atomic E-state index is -1.02. The molecule has 0 heterocycles. The third-order valence-corrected chi connectivity index (χ3v) is 3.21. The summed E-state index contributed by atoms with van der Waals surface area (Å²) < 4.78 is 23.0. The highest BCUT2D eigenvalue weighted by Crippen LogP contribution is 2.15. The van der Waals surface area contributed by atoms with Crippen LogP contribution in [0.4, 0.5) is 10.1 Å². The molecule has 0 aromatic heterocycles. The van der Waals surface area contributed by atoms with E-state index < -0.39 is 23.8 Å². The van der Waals surface area contributed by atoms with Gasteiger partial charge in [-0.15, -0.1) is 0 Å². The van der Waals surface area contributed by atoms with Gasteiger partial charge in [-0.1, -0.05) is 11.6 Å². The molecule has 0 aliphatic rings. The Morgan fingerprint density at radius 3 is 2.38 bits per heavy atom. The lowest BCUT2D eigenvalue weighted by Gasteiger charge is -2.14. The quantitative estimate of drug-likeness (QED) is 0.810. The molecule has 0 aliphatic heterocycles. The highest BCUT2D eigenvalue weighted by Gasteiger charge is 2.18. The topological polar surface area (TPSA) is 64.6 Å². The molecule has 7 heteroatoms. The lowest BCUT2D eigenvalue weighted by molar-refractivity contribution is -0.155. The first-order valence-corrected chi connectivity index (χ1v) is 7.46. The zero-order chi connectivity index (χ0) is 17.5. The van der Waals surface area contributed by atoms with Crippen molar-refractivity contribution < 1.29 is 23.5 Å². The van der Waals surface area contributed by atoms with Gasteiger partial charge in [0.1, 0.15) is 11.6 Å². The monoisotopic (exact) mass is 351 g/mol. The second-order valence-electron chi connectivity index (χ2n) is 4.87. The Labute approximate surface area is 143 Å². The van der Waals surface area contributed by atoms with Gasteiger partial charge >= 0.3 is 5.97 Å². The van der Waals surface area contributed by atoms with Gasteiger partial charge in [-0.25, -0.2) is 9.18 Å². The van der Waals surface area contributed by atoms with E-state index in [4.69, 9.17) is 21.1 Å². The molecule has 0 saturated heterocycles. The van der Waals surface area contributed by atoms with Crippen LogP contribution in [0.1, 0.15) is 6.92 Å². The summed E-state index contributed by atoms with van der Waals surface area (Å²) in [6.07, 6.45) is -1.02. The molecule has 0 radical (unpaired) electrons. The van der Waals surface area contributed by atoms with Crippen LogP contribution in [-0.4, -0.2) is 24.6 Å². The summed E-state index contributed by atoms with van der Waals surface area (Å²) in [5.41, 5.74) is 0.404. The maximum atomic E-state index is 12.8. The first kappa shape index (κ1) is 17.7. The number of nitrogens with one attached hydrogen (secondary N) is 1. The molecular formula is C17H15ClFNO4. The van der Waals surface area contributed by atoms with E-state index in [-0.39, 0.29) is 6.61 Å². The van der Waals surface area contributed by atoms with E-state index in [9.17, 15) is 14.0 Å². The average Bonchev–Trinajstić information content (AvgIpc) is 2.56.